The van der Waals surface area contributed by atoms with Gasteiger partial charge in [0, 0.05) is 30.4 Å². The van der Waals surface area contributed by atoms with E-state index < -0.39 is 0 Å². The van der Waals surface area contributed by atoms with Crippen LogP contribution in [0.2, 0.25) is 0 Å². The van der Waals surface area contributed by atoms with E-state index in [2.05, 4.69) is 20.6 Å². The molecule has 0 aliphatic rings. The van der Waals surface area contributed by atoms with Crippen molar-refractivity contribution in [1.29, 1.82) is 0 Å². The molecule has 1 amide bonds. The number of ether oxygens (including phenoxy) is 2. The highest BCUT2D eigenvalue weighted by Crippen LogP contribution is 2.30. The van der Waals surface area contributed by atoms with Crippen molar-refractivity contribution in [2.45, 2.75) is 20.8 Å². The van der Waals surface area contributed by atoms with Gasteiger partial charge in [-0.25, -0.2) is 4.68 Å². The number of nitrogens with one attached hydrogen (secondary N) is 1. The van der Waals surface area contributed by atoms with E-state index in [0.717, 1.165) is 16.8 Å². The molecule has 0 saturated carbocycles. The Balaban J connectivity index is 1.63. The Bertz CT molecular complexity index is 1290. The van der Waals surface area contributed by atoms with Crippen LogP contribution in [0.5, 0.6) is 11.5 Å². The number of carbonyl (C=O) groups is 1. The molecule has 0 spiro atoms. The summed E-state index contributed by atoms with van der Waals surface area (Å²) in [4.78, 5) is 17.2. The summed E-state index contributed by atoms with van der Waals surface area (Å²) in [5, 5.41) is 11.4. The van der Waals surface area contributed by atoms with Gasteiger partial charge >= 0.3 is 0 Å². The topological polar surface area (TPSA) is 104 Å². The number of anilines is 1. The summed E-state index contributed by atoms with van der Waals surface area (Å²) < 4.78 is 17.3. The highest BCUT2D eigenvalue weighted by Gasteiger charge is 2.17. The van der Waals surface area contributed by atoms with E-state index >= 15 is 0 Å². The second kappa shape index (κ2) is 8.54. The Morgan fingerprint density at radius 1 is 1.03 bits per heavy atom. The number of benzene rings is 2. The Morgan fingerprint density at radius 2 is 1.81 bits per heavy atom. The average Bonchev–Trinajstić information content (AvgIpc) is 3.39. The molecular weight excluding hydrogens is 410 g/mol. The van der Waals surface area contributed by atoms with Crippen LogP contribution in [0.15, 0.2) is 47.1 Å². The highest BCUT2D eigenvalue weighted by atomic mass is 16.5. The summed E-state index contributed by atoms with van der Waals surface area (Å²) in [7, 11) is 3.11. The quantitative estimate of drug-likeness (QED) is 0.488. The van der Waals surface area contributed by atoms with Crippen molar-refractivity contribution in [2.24, 2.45) is 0 Å². The molecule has 4 rings (SSSR count). The van der Waals surface area contributed by atoms with Gasteiger partial charge in [0.1, 0.15) is 0 Å². The lowest BCUT2D eigenvalue weighted by Gasteiger charge is -2.10. The first-order chi connectivity index (χ1) is 15.4. The zero-order valence-electron chi connectivity index (χ0n) is 18.5. The van der Waals surface area contributed by atoms with Crippen LogP contribution in [0.1, 0.15) is 27.5 Å². The maximum atomic E-state index is 12.9. The third-order valence-electron chi connectivity index (χ3n) is 5.03. The lowest BCUT2D eigenvalue weighted by atomic mass is 10.1. The van der Waals surface area contributed by atoms with Crippen LogP contribution < -0.4 is 14.8 Å². The predicted octanol–water partition coefficient (Wildman–Crippen LogP) is 4.12. The normalized spacial score (nSPS) is 10.8. The van der Waals surface area contributed by atoms with Gasteiger partial charge in [0.15, 0.2) is 11.5 Å². The summed E-state index contributed by atoms with van der Waals surface area (Å²) in [5.74, 6) is 1.83. The number of rotatable bonds is 6. The number of aromatic nitrogens is 4. The van der Waals surface area contributed by atoms with Crippen molar-refractivity contribution < 1.29 is 18.8 Å². The smallest absolute Gasteiger partial charge is 0.259 e. The summed E-state index contributed by atoms with van der Waals surface area (Å²) in [6.07, 6.45) is 1.71. The number of carbonyl (C=O) groups excluding carboxylic acids is 1. The van der Waals surface area contributed by atoms with Gasteiger partial charge in [0.2, 0.25) is 11.7 Å². The maximum absolute atomic E-state index is 12.9. The first-order valence-corrected chi connectivity index (χ1v) is 9.91. The van der Waals surface area contributed by atoms with Gasteiger partial charge < -0.3 is 19.3 Å². The van der Waals surface area contributed by atoms with E-state index in [0.29, 0.717) is 40.2 Å². The van der Waals surface area contributed by atoms with E-state index in [4.69, 9.17) is 14.0 Å². The second-order valence-corrected chi connectivity index (χ2v) is 7.23. The van der Waals surface area contributed by atoms with Crippen LogP contribution in [-0.4, -0.2) is 40.0 Å². The molecular formula is C23H23N5O4. The first-order valence-electron chi connectivity index (χ1n) is 9.91. The van der Waals surface area contributed by atoms with Crippen molar-refractivity contribution in [1.82, 2.24) is 19.9 Å². The number of methoxy groups -OCH3 is 2. The summed E-state index contributed by atoms with van der Waals surface area (Å²) >= 11 is 0. The molecule has 2 aromatic heterocycles. The molecule has 4 aromatic rings. The molecule has 164 valence electrons. The molecule has 0 radical (unpaired) electrons. The lowest BCUT2D eigenvalue weighted by molar-refractivity contribution is 0.102. The van der Waals surface area contributed by atoms with E-state index in [-0.39, 0.29) is 5.91 Å². The minimum atomic E-state index is -0.274. The fourth-order valence-corrected chi connectivity index (χ4v) is 3.33. The van der Waals surface area contributed by atoms with Crippen molar-refractivity contribution in [2.75, 3.05) is 19.5 Å². The van der Waals surface area contributed by atoms with Crippen molar-refractivity contribution in [3.63, 3.8) is 0 Å². The summed E-state index contributed by atoms with van der Waals surface area (Å²) in [6, 6.07) is 11.0. The van der Waals surface area contributed by atoms with Gasteiger partial charge in [-0.2, -0.15) is 10.1 Å². The predicted molar refractivity (Wildman–Crippen MR) is 119 cm³/mol. The van der Waals surface area contributed by atoms with Gasteiger partial charge in [-0.05, 0) is 37.6 Å². The maximum Gasteiger partial charge on any atom is 0.259 e. The molecule has 9 heteroatoms. The first kappa shape index (κ1) is 21.1. The largest absolute Gasteiger partial charge is 0.493 e. The van der Waals surface area contributed by atoms with Crippen LogP contribution in [0.25, 0.3) is 17.1 Å². The molecule has 9 nitrogen and oxygen atoms in total. The van der Waals surface area contributed by atoms with Crippen LogP contribution in [0.4, 0.5) is 5.69 Å². The van der Waals surface area contributed by atoms with Gasteiger partial charge in [-0.15, -0.1) is 0 Å². The Kier molecular flexibility index (Phi) is 5.63. The number of nitrogens with zero attached hydrogens (tertiary/aromatic N) is 4. The van der Waals surface area contributed by atoms with Gasteiger partial charge in [0.25, 0.3) is 5.91 Å². The van der Waals surface area contributed by atoms with Crippen molar-refractivity contribution in [3.8, 4) is 28.6 Å². The number of amides is 1. The molecule has 0 fully saturated rings. The Morgan fingerprint density at radius 3 is 2.50 bits per heavy atom. The van der Waals surface area contributed by atoms with Crippen LogP contribution in [0, 0.1) is 20.8 Å². The second-order valence-electron chi connectivity index (χ2n) is 7.23. The van der Waals surface area contributed by atoms with Crippen LogP contribution in [0.3, 0.4) is 0 Å². The summed E-state index contributed by atoms with van der Waals surface area (Å²) in [5.41, 5.74) is 4.25. The number of hydrogen-bond acceptors (Lipinski definition) is 7. The van der Waals surface area contributed by atoms with Gasteiger partial charge in [-0.1, -0.05) is 17.3 Å². The molecule has 0 aliphatic carbocycles. The third-order valence-corrected chi connectivity index (χ3v) is 5.03. The number of aryl methyl sites for hydroxylation is 3. The highest BCUT2D eigenvalue weighted by molar-refractivity contribution is 6.05. The number of hydrogen-bond donors (Lipinski definition) is 1. The zero-order valence-corrected chi connectivity index (χ0v) is 18.5. The third kappa shape index (κ3) is 4.04. The van der Waals surface area contributed by atoms with E-state index in [1.807, 2.05) is 25.1 Å². The monoisotopic (exact) mass is 433 g/mol. The lowest BCUT2D eigenvalue weighted by Crippen LogP contribution is -2.12. The molecule has 0 saturated heterocycles. The molecule has 1 N–H and O–H groups in total. The van der Waals surface area contributed by atoms with E-state index in [1.165, 1.54) is 0 Å². The molecule has 2 aromatic carbocycles. The molecule has 32 heavy (non-hydrogen) atoms. The molecule has 0 unspecified atom stereocenters. The van der Waals surface area contributed by atoms with Crippen molar-refractivity contribution in [3.05, 3.63) is 65.3 Å². The molecule has 0 atom stereocenters. The van der Waals surface area contributed by atoms with Gasteiger partial charge in [0.05, 0.1) is 31.2 Å². The molecule has 0 aliphatic heterocycles. The summed E-state index contributed by atoms with van der Waals surface area (Å²) in [6.45, 7) is 5.51. The van der Waals surface area contributed by atoms with Crippen molar-refractivity contribution >= 4 is 11.6 Å². The van der Waals surface area contributed by atoms with E-state index in [1.54, 1.807) is 57.1 Å². The van der Waals surface area contributed by atoms with E-state index in [9.17, 15) is 4.79 Å². The molecule has 0 bridgehead atoms. The Hall–Kier alpha value is -4.14. The fourth-order valence-electron chi connectivity index (χ4n) is 3.33. The minimum Gasteiger partial charge on any atom is -0.493 e. The molecule has 2 heterocycles. The fraction of sp³-hybridized carbons (Fsp3) is 0.217. The Labute approximate surface area is 185 Å². The van der Waals surface area contributed by atoms with Gasteiger partial charge in [-0.3, -0.25) is 4.79 Å². The zero-order chi connectivity index (χ0) is 22.8. The average molecular weight is 433 g/mol. The standard InChI is InChI=1S/C23H23N5O4/c1-13-6-7-16(22-24-15(3)32-27-22)10-19(13)28-12-18(14(2)26-28)23(29)25-17-8-9-20(30-4)21(11-17)31-5/h6-12H,1-5H3,(H,25,29). The van der Waals surface area contributed by atoms with Crippen LogP contribution >= 0.6 is 0 Å². The minimum absolute atomic E-state index is 0.274. The SMILES string of the molecule is COc1ccc(NC(=O)c2cn(-c3cc(-c4noc(C)n4)ccc3C)nc2C)cc1OC. The van der Waals surface area contributed by atoms with Crippen LogP contribution in [-0.2, 0) is 0 Å².